The van der Waals surface area contributed by atoms with Crippen molar-refractivity contribution >= 4 is 15.7 Å². The van der Waals surface area contributed by atoms with E-state index in [4.69, 9.17) is 9.47 Å². The van der Waals surface area contributed by atoms with Crippen LogP contribution in [-0.2, 0) is 14.8 Å². The molecule has 2 aromatic rings. The first-order valence-electron chi connectivity index (χ1n) is 9.67. The first-order chi connectivity index (χ1) is 14.0. The van der Waals surface area contributed by atoms with Gasteiger partial charge >= 0.3 is 0 Å². The summed E-state index contributed by atoms with van der Waals surface area (Å²) < 4.78 is 36.1. The van der Waals surface area contributed by atoms with Crippen LogP contribution in [0, 0.1) is 0 Å². The molecule has 0 bridgehead atoms. The summed E-state index contributed by atoms with van der Waals surface area (Å²) in [6.45, 7) is 7.06. The summed E-state index contributed by atoms with van der Waals surface area (Å²) in [6, 6.07) is 16.1. The highest BCUT2D eigenvalue weighted by molar-refractivity contribution is 7.89. The molecule has 1 aliphatic rings. The van der Waals surface area contributed by atoms with E-state index in [1.165, 1.54) is 12.1 Å². The van der Waals surface area contributed by atoms with E-state index in [0.29, 0.717) is 31.3 Å². The van der Waals surface area contributed by atoms with Gasteiger partial charge in [0.25, 0.3) is 10.0 Å². The molecular formula is C21H27N3O4S. The molecule has 1 fully saturated rings. The topological polar surface area (TPSA) is 80.2 Å². The molecule has 1 atom stereocenters. The average Bonchev–Trinajstić information content (AvgIpc) is 2.75. The van der Waals surface area contributed by atoms with Crippen LogP contribution in [-0.4, -0.2) is 51.9 Å². The molecule has 3 rings (SSSR count). The maximum absolute atomic E-state index is 12.6. The van der Waals surface area contributed by atoms with Crippen molar-refractivity contribution in [3.63, 3.8) is 0 Å². The Morgan fingerprint density at radius 3 is 2.41 bits per heavy atom. The lowest BCUT2D eigenvalue weighted by Gasteiger charge is -2.34. The molecule has 29 heavy (non-hydrogen) atoms. The van der Waals surface area contributed by atoms with E-state index in [1.807, 2.05) is 44.2 Å². The van der Waals surface area contributed by atoms with Crippen molar-refractivity contribution in [2.45, 2.75) is 24.8 Å². The van der Waals surface area contributed by atoms with Crippen molar-refractivity contribution < 1.29 is 17.9 Å². The van der Waals surface area contributed by atoms with E-state index in [-0.39, 0.29) is 10.9 Å². The monoisotopic (exact) mass is 417 g/mol. The molecule has 0 spiro atoms. The number of nitrogens with one attached hydrogen (secondary N) is 1. The van der Waals surface area contributed by atoms with Crippen LogP contribution in [0.1, 0.15) is 25.5 Å². The van der Waals surface area contributed by atoms with E-state index >= 15 is 0 Å². The maximum Gasteiger partial charge on any atom is 0.276 e. The second-order valence-electron chi connectivity index (χ2n) is 6.71. The predicted molar refractivity (Wildman–Crippen MR) is 113 cm³/mol. The number of benzene rings is 2. The molecular weight excluding hydrogens is 390 g/mol. The van der Waals surface area contributed by atoms with Crippen molar-refractivity contribution in [1.82, 2.24) is 9.73 Å². The molecule has 1 aliphatic heterocycles. The molecule has 0 amide bonds. The van der Waals surface area contributed by atoms with Gasteiger partial charge in [0.2, 0.25) is 0 Å². The van der Waals surface area contributed by atoms with E-state index in [2.05, 4.69) is 14.8 Å². The van der Waals surface area contributed by atoms with Crippen molar-refractivity contribution in [2.24, 2.45) is 5.10 Å². The Bertz CT molecular complexity index is 909. The molecule has 0 radical (unpaired) electrons. The van der Waals surface area contributed by atoms with Crippen LogP contribution in [0.5, 0.6) is 5.75 Å². The zero-order valence-corrected chi connectivity index (χ0v) is 17.6. The van der Waals surface area contributed by atoms with Gasteiger partial charge in [-0.05, 0) is 43.7 Å². The Balaban J connectivity index is 1.80. The minimum Gasteiger partial charge on any atom is -0.494 e. The molecule has 0 aliphatic carbocycles. The van der Waals surface area contributed by atoms with Gasteiger partial charge in [-0.1, -0.05) is 30.3 Å². The summed E-state index contributed by atoms with van der Waals surface area (Å²) in [7, 11) is -3.77. The molecule has 7 nitrogen and oxygen atoms in total. The Kier molecular flexibility index (Phi) is 7.24. The van der Waals surface area contributed by atoms with Gasteiger partial charge < -0.3 is 9.47 Å². The van der Waals surface area contributed by atoms with E-state index in [1.54, 1.807) is 12.1 Å². The minimum absolute atomic E-state index is 0.122. The number of rotatable bonds is 8. The zero-order chi connectivity index (χ0) is 20.7. The van der Waals surface area contributed by atoms with Crippen LogP contribution in [0.25, 0.3) is 0 Å². The molecule has 0 unspecified atom stereocenters. The third kappa shape index (κ3) is 5.56. The highest BCUT2D eigenvalue weighted by Gasteiger charge is 2.25. The van der Waals surface area contributed by atoms with Crippen molar-refractivity contribution in [3.8, 4) is 5.75 Å². The number of nitrogens with zero attached hydrogens (tertiary/aromatic N) is 2. The lowest BCUT2D eigenvalue weighted by molar-refractivity contribution is 0.0285. The quantitative estimate of drug-likeness (QED) is 0.528. The lowest BCUT2D eigenvalue weighted by atomic mass is 10.0. The second kappa shape index (κ2) is 9.87. The van der Waals surface area contributed by atoms with Crippen LogP contribution in [0.15, 0.2) is 64.6 Å². The summed E-state index contributed by atoms with van der Waals surface area (Å²) in [5.41, 5.74) is 1.74. The molecule has 0 aromatic heterocycles. The number of morpholine rings is 1. The van der Waals surface area contributed by atoms with Gasteiger partial charge in [-0.3, -0.25) is 4.90 Å². The molecule has 156 valence electrons. The van der Waals surface area contributed by atoms with Gasteiger partial charge in [0.05, 0.1) is 36.5 Å². The fourth-order valence-electron chi connectivity index (χ4n) is 3.31. The van der Waals surface area contributed by atoms with E-state index < -0.39 is 10.0 Å². The van der Waals surface area contributed by atoms with E-state index in [9.17, 15) is 8.42 Å². The summed E-state index contributed by atoms with van der Waals surface area (Å²) in [4.78, 5) is 4.77. The second-order valence-corrected chi connectivity index (χ2v) is 8.37. The van der Waals surface area contributed by atoms with Crippen LogP contribution in [0.3, 0.4) is 0 Å². The van der Waals surface area contributed by atoms with Gasteiger partial charge in [-0.2, -0.15) is 13.5 Å². The zero-order valence-electron chi connectivity index (χ0n) is 16.7. The first kappa shape index (κ1) is 21.3. The normalized spacial score (nSPS) is 17.0. The molecule has 0 saturated carbocycles. The molecule has 2 aromatic carbocycles. The number of sulfonamides is 1. The van der Waals surface area contributed by atoms with Crippen LogP contribution in [0.2, 0.25) is 0 Å². The Labute approximate surface area is 172 Å². The Hall–Kier alpha value is -2.42. The van der Waals surface area contributed by atoms with Crippen molar-refractivity contribution in [2.75, 3.05) is 32.9 Å². The maximum atomic E-state index is 12.6. The summed E-state index contributed by atoms with van der Waals surface area (Å²) >= 11 is 0. The smallest absolute Gasteiger partial charge is 0.276 e. The van der Waals surface area contributed by atoms with Crippen molar-refractivity contribution in [3.05, 3.63) is 60.2 Å². The lowest BCUT2D eigenvalue weighted by Crippen LogP contribution is -2.42. The Morgan fingerprint density at radius 2 is 1.79 bits per heavy atom. The van der Waals surface area contributed by atoms with Gasteiger partial charge in [-0.25, -0.2) is 4.83 Å². The summed E-state index contributed by atoms with van der Waals surface area (Å²) in [6.07, 6.45) is 0. The predicted octanol–water partition coefficient (Wildman–Crippen LogP) is 2.81. The number of hydrogen-bond acceptors (Lipinski definition) is 6. The SMILES string of the molecule is CCOc1ccc(S(=O)(=O)N/N=C(/C)[C@H](c2ccccc2)N2CCOCC2)cc1. The summed E-state index contributed by atoms with van der Waals surface area (Å²) in [5, 5.41) is 4.25. The first-order valence-corrected chi connectivity index (χ1v) is 11.1. The van der Waals surface area contributed by atoms with E-state index in [0.717, 1.165) is 18.7 Å². The third-order valence-electron chi connectivity index (χ3n) is 4.71. The average molecular weight is 418 g/mol. The highest BCUT2D eigenvalue weighted by atomic mass is 32.2. The minimum atomic E-state index is -3.77. The van der Waals surface area contributed by atoms with Gasteiger partial charge in [0.1, 0.15) is 5.75 Å². The van der Waals surface area contributed by atoms with Gasteiger partial charge in [-0.15, -0.1) is 0 Å². The van der Waals surface area contributed by atoms with Gasteiger partial charge in [0, 0.05) is 13.1 Å². The standard InChI is InChI=1S/C21H27N3O4S/c1-3-28-19-9-11-20(12-10-19)29(25,26)23-22-17(2)21(18-7-5-4-6-8-18)24-13-15-27-16-14-24/h4-12,21,23H,3,13-16H2,1-2H3/b22-17-/t21-/m1/s1. The fraction of sp³-hybridized carbons (Fsp3) is 0.381. The summed E-state index contributed by atoms with van der Waals surface area (Å²) in [5.74, 6) is 0.627. The van der Waals surface area contributed by atoms with Crippen LogP contribution < -0.4 is 9.57 Å². The van der Waals surface area contributed by atoms with Crippen molar-refractivity contribution in [1.29, 1.82) is 0 Å². The largest absolute Gasteiger partial charge is 0.494 e. The molecule has 1 N–H and O–H groups in total. The van der Waals surface area contributed by atoms with Crippen LogP contribution in [0.4, 0.5) is 0 Å². The number of hydrogen-bond donors (Lipinski definition) is 1. The number of hydrazone groups is 1. The fourth-order valence-corrected chi connectivity index (χ4v) is 4.18. The molecule has 1 saturated heterocycles. The van der Waals surface area contributed by atoms with Gasteiger partial charge in [0.15, 0.2) is 0 Å². The van der Waals surface area contributed by atoms with Crippen LogP contribution >= 0.6 is 0 Å². The highest BCUT2D eigenvalue weighted by Crippen LogP contribution is 2.24. The third-order valence-corrected chi connectivity index (χ3v) is 5.93. The molecule has 1 heterocycles. The number of ether oxygens (including phenoxy) is 2. The molecule has 8 heteroatoms. The Morgan fingerprint density at radius 1 is 1.14 bits per heavy atom.